The van der Waals surface area contributed by atoms with Crippen molar-refractivity contribution in [1.82, 2.24) is 10.6 Å². The maximum absolute atomic E-state index is 12.5. The van der Waals surface area contributed by atoms with Gasteiger partial charge in [-0.1, -0.05) is 39.8 Å². The lowest BCUT2D eigenvalue weighted by molar-refractivity contribution is -0.124. The monoisotopic (exact) mass is 437 g/mol. The van der Waals surface area contributed by atoms with Crippen molar-refractivity contribution in [2.45, 2.75) is 46.2 Å². The van der Waals surface area contributed by atoms with Crippen LogP contribution in [-0.2, 0) is 25.5 Å². The van der Waals surface area contributed by atoms with Gasteiger partial charge in [0, 0.05) is 25.0 Å². The maximum Gasteiger partial charge on any atom is 0.258 e. The number of ketones is 1. The van der Waals surface area contributed by atoms with E-state index in [0.717, 1.165) is 5.56 Å². The summed E-state index contributed by atoms with van der Waals surface area (Å²) in [5.74, 6) is 0.580. The predicted octanol–water partition coefficient (Wildman–Crippen LogP) is 1.31. The van der Waals surface area contributed by atoms with E-state index in [2.05, 4.69) is 10.6 Å². The summed E-state index contributed by atoms with van der Waals surface area (Å²) in [4.78, 5) is 24.3. The number of nitrogens with one attached hydrogen (secondary N) is 2. The van der Waals surface area contributed by atoms with E-state index in [-0.39, 0.29) is 36.3 Å². The van der Waals surface area contributed by atoms with Crippen molar-refractivity contribution >= 4 is 11.7 Å². The first-order valence-electron chi connectivity index (χ1n) is 11.0. The third-order valence-electron chi connectivity index (χ3n) is 4.38. The average molecular weight is 438 g/mol. The number of carbonyl (C=O) groups excluding carboxylic acids is 2. The lowest BCUT2D eigenvalue weighted by atomic mass is 9.95. The normalized spacial score (nSPS) is 12.2. The maximum atomic E-state index is 12.5. The van der Waals surface area contributed by atoms with Crippen molar-refractivity contribution in [2.75, 3.05) is 46.1 Å². The fraction of sp³-hybridized carbons (Fsp3) is 0.652. The van der Waals surface area contributed by atoms with E-state index >= 15 is 0 Å². The molecule has 0 aliphatic rings. The molecule has 0 aromatic heterocycles. The second kappa shape index (κ2) is 15.8. The number of benzene rings is 1. The zero-order valence-corrected chi connectivity index (χ0v) is 19.3. The first-order chi connectivity index (χ1) is 14.8. The molecule has 0 bridgehead atoms. The molecule has 1 amide bonds. The van der Waals surface area contributed by atoms with Gasteiger partial charge in [-0.25, -0.2) is 0 Å². The smallest absolute Gasteiger partial charge is 0.258 e. The van der Waals surface area contributed by atoms with Crippen LogP contribution in [0.2, 0.25) is 0 Å². The Morgan fingerprint density at radius 2 is 1.61 bits per heavy atom. The van der Waals surface area contributed by atoms with Crippen LogP contribution in [0.15, 0.2) is 24.3 Å². The van der Waals surface area contributed by atoms with Crippen LogP contribution in [0.3, 0.4) is 0 Å². The summed E-state index contributed by atoms with van der Waals surface area (Å²) in [5.41, 5.74) is 6.36. The van der Waals surface area contributed by atoms with Gasteiger partial charge in [-0.05, 0) is 24.1 Å². The lowest BCUT2D eigenvalue weighted by Gasteiger charge is -2.22. The molecule has 0 aliphatic carbocycles. The van der Waals surface area contributed by atoms with Crippen LogP contribution >= 0.6 is 0 Å². The van der Waals surface area contributed by atoms with Crippen LogP contribution in [0.5, 0.6) is 5.75 Å². The molecule has 4 N–H and O–H groups in total. The van der Waals surface area contributed by atoms with Crippen LogP contribution in [0, 0.1) is 5.92 Å². The standard InChI is InChI=1S/C23H39N3O5/c1-17(2)23(28)21(26-18(3)4)15-19-5-7-20(8-6-19)31-16-22(27)25-10-12-30-14-13-29-11-9-24/h5-8,17-18,21,26H,9-16,24H2,1-4H3,(H,25,27). The zero-order valence-electron chi connectivity index (χ0n) is 19.3. The quantitative estimate of drug-likeness (QED) is 0.315. The highest BCUT2D eigenvalue weighted by atomic mass is 16.5. The second-order valence-corrected chi connectivity index (χ2v) is 7.93. The number of hydrogen-bond donors (Lipinski definition) is 3. The summed E-state index contributed by atoms with van der Waals surface area (Å²) in [6, 6.07) is 7.50. The van der Waals surface area contributed by atoms with Gasteiger partial charge in [0.15, 0.2) is 12.4 Å². The fourth-order valence-corrected chi connectivity index (χ4v) is 2.87. The minimum absolute atomic E-state index is 0.0211. The molecule has 1 aromatic rings. The van der Waals surface area contributed by atoms with Gasteiger partial charge in [0.25, 0.3) is 5.91 Å². The molecule has 1 aromatic carbocycles. The first kappa shape index (κ1) is 27.0. The van der Waals surface area contributed by atoms with Crippen molar-refractivity contribution in [1.29, 1.82) is 0 Å². The van der Waals surface area contributed by atoms with Crippen LogP contribution in [0.4, 0.5) is 0 Å². The number of nitrogens with two attached hydrogens (primary N) is 1. The van der Waals surface area contributed by atoms with Crippen LogP contribution < -0.4 is 21.1 Å². The number of amides is 1. The van der Waals surface area contributed by atoms with E-state index in [1.54, 1.807) is 0 Å². The van der Waals surface area contributed by atoms with E-state index in [9.17, 15) is 9.59 Å². The minimum Gasteiger partial charge on any atom is -0.484 e. The molecule has 0 aliphatic heterocycles. The Balaban J connectivity index is 2.33. The van der Waals surface area contributed by atoms with Gasteiger partial charge >= 0.3 is 0 Å². The molecule has 0 saturated heterocycles. The molecule has 1 atom stereocenters. The minimum atomic E-state index is -0.216. The Hall–Kier alpha value is -2.00. The molecular weight excluding hydrogens is 398 g/mol. The fourth-order valence-electron chi connectivity index (χ4n) is 2.87. The van der Waals surface area contributed by atoms with E-state index in [4.69, 9.17) is 19.9 Å². The van der Waals surface area contributed by atoms with Gasteiger partial charge in [0.1, 0.15) is 5.75 Å². The Morgan fingerprint density at radius 1 is 0.968 bits per heavy atom. The molecule has 176 valence electrons. The highest BCUT2D eigenvalue weighted by Gasteiger charge is 2.22. The zero-order chi connectivity index (χ0) is 23.1. The molecule has 8 nitrogen and oxygen atoms in total. The molecule has 8 heteroatoms. The van der Waals surface area contributed by atoms with E-state index < -0.39 is 0 Å². The van der Waals surface area contributed by atoms with Gasteiger partial charge in [-0.3, -0.25) is 9.59 Å². The van der Waals surface area contributed by atoms with E-state index in [1.807, 2.05) is 52.0 Å². The average Bonchev–Trinajstić information content (AvgIpc) is 2.73. The summed E-state index contributed by atoms with van der Waals surface area (Å²) in [7, 11) is 0. The van der Waals surface area contributed by atoms with Crippen molar-refractivity contribution in [2.24, 2.45) is 11.7 Å². The van der Waals surface area contributed by atoms with E-state index in [1.165, 1.54) is 0 Å². The van der Waals surface area contributed by atoms with Crippen molar-refractivity contribution in [3.8, 4) is 5.75 Å². The van der Waals surface area contributed by atoms with Crippen LogP contribution in [0.25, 0.3) is 0 Å². The van der Waals surface area contributed by atoms with Crippen LogP contribution in [-0.4, -0.2) is 69.9 Å². The summed E-state index contributed by atoms with van der Waals surface area (Å²) in [6.45, 7) is 10.6. The molecule has 0 heterocycles. The van der Waals surface area contributed by atoms with Crippen molar-refractivity contribution < 1.29 is 23.8 Å². The van der Waals surface area contributed by atoms with Gasteiger partial charge in [0.05, 0.1) is 32.5 Å². The van der Waals surface area contributed by atoms with Gasteiger partial charge < -0.3 is 30.6 Å². The molecule has 0 fully saturated rings. The summed E-state index contributed by atoms with van der Waals surface area (Å²) in [5, 5.41) is 6.09. The second-order valence-electron chi connectivity index (χ2n) is 7.93. The molecule has 1 unspecified atom stereocenters. The number of Topliss-reactive ketones (excluding diaryl/α,β-unsaturated/α-hetero) is 1. The Bertz CT molecular complexity index is 635. The highest BCUT2D eigenvalue weighted by Crippen LogP contribution is 2.15. The van der Waals surface area contributed by atoms with Crippen LogP contribution in [0.1, 0.15) is 33.3 Å². The van der Waals surface area contributed by atoms with Gasteiger partial charge in [0.2, 0.25) is 0 Å². The Labute approximate surface area is 186 Å². The lowest BCUT2D eigenvalue weighted by Crippen LogP contribution is -2.44. The van der Waals surface area contributed by atoms with E-state index in [0.29, 0.717) is 51.7 Å². The third-order valence-corrected chi connectivity index (χ3v) is 4.38. The Morgan fingerprint density at radius 3 is 2.19 bits per heavy atom. The van der Waals surface area contributed by atoms with Crippen molar-refractivity contribution in [3.63, 3.8) is 0 Å². The van der Waals surface area contributed by atoms with Gasteiger partial charge in [-0.15, -0.1) is 0 Å². The summed E-state index contributed by atoms with van der Waals surface area (Å²) >= 11 is 0. The largest absolute Gasteiger partial charge is 0.484 e. The molecule has 31 heavy (non-hydrogen) atoms. The predicted molar refractivity (Wildman–Crippen MR) is 121 cm³/mol. The number of hydrogen-bond acceptors (Lipinski definition) is 7. The molecule has 0 spiro atoms. The van der Waals surface area contributed by atoms with Crippen molar-refractivity contribution in [3.05, 3.63) is 29.8 Å². The van der Waals surface area contributed by atoms with Gasteiger partial charge in [-0.2, -0.15) is 0 Å². The number of carbonyl (C=O) groups is 2. The SMILES string of the molecule is CC(C)NC(Cc1ccc(OCC(=O)NCCOCCOCCN)cc1)C(=O)C(C)C. The molecule has 0 radical (unpaired) electrons. The topological polar surface area (TPSA) is 112 Å². The number of ether oxygens (including phenoxy) is 3. The third kappa shape index (κ3) is 12.4. The Kier molecular flexibility index (Phi) is 13.7. The molecular formula is C23H39N3O5. The summed E-state index contributed by atoms with van der Waals surface area (Å²) < 4.78 is 16.1. The highest BCUT2D eigenvalue weighted by molar-refractivity contribution is 5.86. The summed E-state index contributed by atoms with van der Waals surface area (Å²) in [6.07, 6.45) is 0.618. The first-order valence-corrected chi connectivity index (χ1v) is 11.0. The number of rotatable bonds is 17. The molecule has 0 saturated carbocycles. The molecule has 1 rings (SSSR count).